The number of halogens is 7. The van der Waals surface area contributed by atoms with Crippen LogP contribution in [0.1, 0.15) is 25.0 Å². The first kappa shape index (κ1) is 26.2. The van der Waals surface area contributed by atoms with Crippen molar-refractivity contribution >= 4 is 56.3 Å². The number of thiophene rings is 2. The molecule has 34 heavy (non-hydrogen) atoms. The van der Waals surface area contributed by atoms with Crippen LogP contribution >= 0.6 is 34.3 Å². The van der Waals surface area contributed by atoms with Gasteiger partial charge in [-0.05, 0) is 12.1 Å². The van der Waals surface area contributed by atoms with Crippen molar-refractivity contribution in [2.75, 3.05) is 14.2 Å². The van der Waals surface area contributed by atoms with Crippen LogP contribution in [0.2, 0.25) is 5.15 Å². The fourth-order valence-corrected chi connectivity index (χ4v) is 5.35. The summed E-state index contributed by atoms with van der Waals surface area (Å²) in [4.78, 5) is 24.1. The molecule has 0 N–H and O–H groups in total. The zero-order valence-corrected chi connectivity index (χ0v) is 19.7. The van der Waals surface area contributed by atoms with E-state index in [0.717, 1.165) is 22.7 Å². The van der Waals surface area contributed by atoms with Gasteiger partial charge in [0.25, 0.3) is 5.91 Å². The molecule has 0 saturated carbocycles. The number of amides is 1. The van der Waals surface area contributed by atoms with Gasteiger partial charge in [0.2, 0.25) is 0 Å². The molecule has 4 heterocycles. The molecular formula is C19H14ClF6N3O3S2. The Labute approximate surface area is 201 Å². The van der Waals surface area contributed by atoms with Gasteiger partial charge in [0, 0.05) is 20.0 Å². The minimum atomic E-state index is -4.26. The third kappa shape index (κ3) is 6.79. The SMILES string of the molecule is COC1=NC(=O)c2cc(CC(F)(F)F)sc2C1.COc1nc(Cl)c2cc(CC(F)(F)F)sc2n1. The molecule has 3 aromatic heterocycles. The van der Waals surface area contributed by atoms with Crippen molar-refractivity contribution in [3.05, 3.63) is 37.5 Å². The van der Waals surface area contributed by atoms with Crippen molar-refractivity contribution in [3.63, 3.8) is 0 Å². The van der Waals surface area contributed by atoms with Gasteiger partial charge < -0.3 is 9.47 Å². The number of hydrogen-bond acceptors (Lipinski definition) is 7. The minimum absolute atomic E-state index is 0.0444. The highest BCUT2D eigenvalue weighted by molar-refractivity contribution is 7.18. The second-order valence-corrected chi connectivity index (χ2v) is 9.45. The third-order valence-corrected chi connectivity index (χ3v) is 6.62. The van der Waals surface area contributed by atoms with E-state index in [-0.39, 0.29) is 38.8 Å². The van der Waals surface area contributed by atoms with Crippen LogP contribution in [0.25, 0.3) is 10.2 Å². The molecule has 6 nitrogen and oxygen atoms in total. The van der Waals surface area contributed by atoms with Crippen LogP contribution in [0.4, 0.5) is 26.3 Å². The summed E-state index contributed by atoms with van der Waals surface area (Å²) in [5, 5.41) is 0.508. The largest absolute Gasteiger partial charge is 0.484 e. The molecule has 3 aromatic rings. The lowest BCUT2D eigenvalue weighted by molar-refractivity contribution is -0.127. The Morgan fingerprint density at radius 1 is 0.971 bits per heavy atom. The molecule has 1 aliphatic heterocycles. The first-order chi connectivity index (χ1) is 15.8. The Morgan fingerprint density at radius 3 is 2.15 bits per heavy atom. The van der Waals surface area contributed by atoms with Crippen molar-refractivity contribution in [2.45, 2.75) is 31.6 Å². The molecule has 0 atom stereocenters. The van der Waals surface area contributed by atoms with Gasteiger partial charge in [-0.25, -0.2) is 0 Å². The average Bonchev–Trinajstić information content (AvgIpc) is 3.29. The van der Waals surface area contributed by atoms with E-state index in [4.69, 9.17) is 21.1 Å². The number of ether oxygens (including phenoxy) is 2. The molecule has 184 valence electrons. The molecule has 0 aliphatic carbocycles. The Balaban J connectivity index is 0.000000191. The van der Waals surface area contributed by atoms with E-state index >= 15 is 0 Å². The smallest absolute Gasteiger partial charge is 0.393 e. The maximum Gasteiger partial charge on any atom is 0.393 e. The molecule has 0 radical (unpaired) electrons. The Hall–Kier alpha value is -2.45. The van der Waals surface area contributed by atoms with Crippen LogP contribution in [0.3, 0.4) is 0 Å². The highest BCUT2D eigenvalue weighted by Gasteiger charge is 2.31. The monoisotopic (exact) mass is 545 g/mol. The summed E-state index contributed by atoms with van der Waals surface area (Å²) in [6.45, 7) is 0. The van der Waals surface area contributed by atoms with Crippen LogP contribution in [-0.2, 0) is 24.0 Å². The fraction of sp³-hybridized carbons (Fsp3) is 0.368. The number of aromatic nitrogens is 2. The maximum absolute atomic E-state index is 12.2. The molecule has 0 bridgehead atoms. The van der Waals surface area contributed by atoms with Crippen molar-refractivity contribution in [1.29, 1.82) is 0 Å². The predicted molar refractivity (Wildman–Crippen MR) is 115 cm³/mol. The Kier molecular flexibility index (Phi) is 7.72. The lowest BCUT2D eigenvalue weighted by Crippen LogP contribution is -2.15. The molecule has 0 spiro atoms. The van der Waals surface area contributed by atoms with Crippen LogP contribution in [0.5, 0.6) is 6.01 Å². The number of carbonyl (C=O) groups excluding carboxylic acids is 1. The quantitative estimate of drug-likeness (QED) is 0.296. The van der Waals surface area contributed by atoms with E-state index in [1.165, 1.54) is 26.4 Å². The maximum atomic E-state index is 12.2. The number of alkyl halides is 6. The van der Waals surface area contributed by atoms with Crippen LogP contribution in [0, 0.1) is 0 Å². The first-order valence-electron chi connectivity index (χ1n) is 9.19. The molecule has 15 heteroatoms. The lowest BCUT2D eigenvalue weighted by Gasteiger charge is -2.08. The van der Waals surface area contributed by atoms with E-state index in [1.54, 1.807) is 0 Å². The average molecular weight is 546 g/mol. The van der Waals surface area contributed by atoms with E-state index in [0.29, 0.717) is 15.1 Å². The molecular weight excluding hydrogens is 532 g/mol. The second-order valence-electron chi connectivity index (χ2n) is 6.76. The number of rotatable bonds is 3. The number of fused-ring (bicyclic) bond motifs is 2. The lowest BCUT2D eigenvalue weighted by atomic mass is 10.1. The predicted octanol–water partition coefficient (Wildman–Crippen LogP) is 6.05. The van der Waals surface area contributed by atoms with Gasteiger partial charge in [0.15, 0.2) is 5.90 Å². The summed E-state index contributed by atoms with van der Waals surface area (Å²) in [7, 11) is 2.74. The van der Waals surface area contributed by atoms with E-state index < -0.39 is 31.1 Å². The molecule has 4 rings (SSSR count). The summed E-state index contributed by atoms with van der Waals surface area (Å²) in [5.74, 6) is -0.296. The second kappa shape index (κ2) is 10.0. The van der Waals surface area contributed by atoms with Crippen LogP contribution in [-0.4, -0.2) is 48.3 Å². The minimum Gasteiger partial charge on any atom is -0.484 e. The molecule has 1 amide bonds. The Bertz CT molecular complexity index is 1240. The van der Waals surface area contributed by atoms with Gasteiger partial charge >= 0.3 is 18.4 Å². The number of carbonyl (C=O) groups is 1. The normalized spacial score (nSPS) is 13.8. The van der Waals surface area contributed by atoms with Gasteiger partial charge in [0.05, 0.1) is 39.0 Å². The topological polar surface area (TPSA) is 73.7 Å². The zero-order chi connectivity index (χ0) is 25.3. The molecule has 1 aliphatic rings. The Morgan fingerprint density at radius 2 is 1.59 bits per heavy atom. The zero-order valence-electron chi connectivity index (χ0n) is 17.3. The van der Waals surface area contributed by atoms with Crippen molar-refractivity contribution in [2.24, 2.45) is 4.99 Å². The summed E-state index contributed by atoms with van der Waals surface area (Å²) >= 11 is 7.74. The summed E-state index contributed by atoms with van der Waals surface area (Å²) < 4.78 is 83.0. The number of nitrogens with zero attached hydrogens (tertiary/aromatic N) is 3. The number of aliphatic imine (C=N–C) groups is 1. The molecule has 0 unspecified atom stereocenters. The van der Waals surface area contributed by atoms with E-state index in [2.05, 4.69) is 15.0 Å². The van der Waals surface area contributed by atoms with Crippen molar-refractivity contribution < 1.29 is 40.6 Å². The van der Waals surface area contributed by atoms with Gasteiger partial charge in [-0.15, -0.1) is 22.7 Å². The third-order valence-electron chi connectivity index (χ3n) is 4.17. The molecule has 0 fully saturated rings. The fourth-order valence-electron chi connectivity index (χ4n) is 2.84. The number of hydrogen-bond donors (Lipinski definition) is 0. The van der Waals surface area contributed by atoms with Crippen LogP contribution in [0.15, 0.2) is 17.1 Å². The number of methoxy groups -OCH3 is 2. The molecule has 0 saturated heterocycles. The molecule has 0 aromatic carbocycles. The van der Waals surface area contributed by atoms with Gasteiger partial charge in [-0.1, -0.05) is 11.6 Å². The highest BCUT2D eigenvalue weighted by atomic mass is 35.5. The van der Waals surface area contributed by atoms with Gasteiger partial charge in [-0.3, -0.25) is 4.79 Å². The van der Waals surface area contributed by atoms with Gasteiger partial charge in [0.1, 0.15) is 9.98 Å². The van der Waals surface area contributed by atoms with Crippen molar-refractivity contribution in [3.8, 4) is 6.01 Å². The van der Waals surface area contributed by atoms with E-state index in [9.17, 15) is 31.1 Å². The first-order valence-corrected chi connectivity index (χ1v) is 11.2. The van der Waals surface area contributed by atoms with Crippen molar-refractivity contribution in [1.82, 2.24) is 9.97 Å². The standard InChI is InChI=1S/C10H8F3NO2S.C9H6ClF3N2OS/c1-16-8-3-7-6(9(15)14-8)2-5(17-7)4-10(11,12)13;1-16-8-14-6(10)5-2-4(3-9(11,12)13)17-7(5)15-8/h2H,3-4H2,1H3;2H,3H2,1H3. The van der Waals surface area contributed by atoms with E-state index in [1.807, 2.05) is 0 Å². The summed E-state index contributed by atoms with van der Waals surface area (Å²) in [6.07, 6.45) is -10.2. The summed E-state index contributed by atoms with van der Waals surface area (Å²) in [5.41, 5.74) is 0.259. The highest BCUT2D eigenvalue weighted by Crippen LogP contribution is 2.34. The summed E-state index contributed by atoms with van der Waals surface area (Å²) in [6, 6.07) is 2.67. The van der Waals surface area contributed by atoms with Crippen LogP contribution < -0.4 is 4.74 Å². The van der Waals surface area contributed by atoms with Gasteiger partial charge in [-0.2, -0.15) is 41.3 Å².